The van der Waals surface area contributed by atoms with Crippen molar-refractivity contribution in [2.45, 2.75) is 77.4 Å². The predicted molar refractivity (Wildman–Crippen MR) is 69.7 cm³/mol. The fraction of sp³-hybridized carbons (Fsp3) is 0.929. The molecule has 0 bridgehead atoms. The van der Waals surface area contributed by atoms with E-state index in [1.807, 2.05) is 0 Å². The third-order valence-corrected chi connectivity index (χ3v) is 3.70. The van der Waals surface area contributed by atoms with E-state index in [2.05, 4.69) is 12.2 Å². The van der Waals surface area contributed by atoms with Crippen molar-refractivity contribution in [2.24, 2.45) is 5.92 Å². The average molecular weight is 241 g/mol. The maximum Gasteiger partial charge on any atom is 0.220 e. The minimum absolute atomic E-state index is 0.102. The Morgan fingerprint density at radius 2 is 2.00 bits per heavy atom. The van der Waals surface area contributed by atoms with E-state index in [-0.39, 0.29) is 12.0 Å². The highest BCUT2D eigenvalue weighted by Crippen LogP contribution is 2.27. The molecular formula is C14H27NO2. The second-order valence-corrected chi connectivity index (χ2v) is 5.46. The molecule has 0 aromatic rings. The van der Waals surface area contributed by atoms with Crippen LogP contribution in [0.1, 0.15) is 65.2 Å². The van der Waals surface area contributed by atoms with Gasteiger partial charge in [-0.2, -0.15) is 0 Å². The number of aliphatic hydroxyl groups excluding tert-OH is 1. The number of nitrogens with one attached hydrogen (secondary N) is 1. The van der Waals surface area contributed by atoms with E-state index in [9.17, 15) is 4.79 Å². The van der Waals surface area contributed by atoms with Crippen LogP contribution in [-0.2, 0) is 4.79 Å². The summed E-state index contributed by atoms with van der Waals surface area (Å²) < 4.78 is 0. The maximum absolute atomic E-state index is 11.6. The fourth-order valence-electron chi connectivity index (χ4n) is 2.64. The molecule has 0 saturated heterocycles. The lowest BCUT2D eigenvalue weighted by Gasteiger charge is -2.29. The Hall–Kier alpha value is -0.570. The van der Waals surface area contributed by atoms with E-state index < -0.39 is 0 Å². The van der Waals surface area contributed by atoms with Gasteiger partial charge in [-0.3, -0.25) is 4.79 Å². The third-order valence-electron chi connectivity index (χ3n) is 3.70. The lowest BCUT2D eigenvalue weighted by molar-refractivity contribution is -0.122. The van der Waals surface area contributed by atoms with Crippen molar-refractivity contribution < 1.29 is 9.90 Å². The van der Waals surface area contributed by atoms with Crippen LogP contribution < -0.4 is 5.32 Å². The van der Waals surface area contributed by atoms with Crippen molar-refractivity contribution >= 4 is 5.91 Å². The second kappa shape index (κ2) is 7.70. The topological polar surface area (TPSA) is 49.3 Å². The minimum atomic E-state index is -0.374. The molecule has 0 aromatic heterocycles. The lowest BCUT2D eigenvalue weighted by atomic mass is 9.83. The van der Waals surface area contributed by atoms with E-state index in [4.69, 9.17) is 5.11 Å². The monoisotopic (exact) mass is 241 g/mol. The Bertz CT molecular complexity index is 220. The predicted octanol–water partition coefficient (Wildman–Crippen LogP) is 2.62. The molecule has 100 valence electrons. The van der Waals surface area contributed by atoms with Gasteiger partial charge in [0, 0.05) is 12.5 Å². The van der Waals surface area contributed by atoms with Crippen LogP contribution in [0.3, 0.4) is 0 Å². The van der Waals surface area contributed by atoms with Gasteiger partial charge in [0.25, 0.3) is 0 Å². The Morgan fingerprint density at radius 3 is 2.53 bits per heavy atom. The van der Waals surface area contributed by atoms with Crippen LogP contribution in [0.2, 0.25) is 0 Å². The molecule has 1 unspecified atom stereocenters. The normalized spacial score (nSPS) is 26.5. The number of amides is 1. The van der Waals surface area contributed by atoms with Crippen LogP contribution in [0.15, 0.2) is 0 Å². The van der Waals surface area contributed by atoms with Crippen molar-refractivity contribution in [3.05, 3.63) is 0 Å². The summed E-state index contributed by atoms with van der Waals surface area (Å²) in [7, 11) is 0. The van der Waals surface area contributed by atoms with Gasteiger partial charge in [-0.05, 0) is 44.9 Å². The van der Waals surface area contributed by atoms with Crippen LogP contribution in [0.4, 0.5) is 0 Å². The zero-order chi connectivity index (χ0) is 12.7. The van der Waals surface area contributed by atoms with Crippen LogP contribution in [0.5, 0.6) is 0 Å². The van der Waals surface area contributed by atoms with E-state index in [1.165, 1.54) is 25.7 Å². The summed E-state index contributed by atoms with van der Waals surface area (Å²) in [6.07, 6.45) is 8.03. The maximum atomic E-state index is 11.6. The molecular weight excluding hydrogens is 214 g/mol. The number of rotatable bonds is 6. The number of carbonyl (C=O) groups is 1. The molecule has 0 aromatic carbocycles. The molecule has 17 heavy (non-hydrogen) atoms. The average Bonchev–Trinajstić information content (AvgIpc) is 2.29. The summed E-state index contributed by atoms with van der Waals surface area (Å²) in [5, 5.41) is 12.2. The molecule has 1 rings (SSSR count). The zero-order valence-electron chi connectivity index (χ0n) is 11.2. The van der Waals surface area contributed by atoms with Gasteiger partial charge in [0.15, 0.2) is 0 Å². The molecule has 1 atom stereocenters. The molecule has 1 fully saturated rings. The first-order chi connectivity index (χ1) is 8.11. The van der Waals surface area contributed by atoms with Crippen molar-refractivity contribution in [3.63, 3.8) is 0 Å². The fourth-order valence-corrected chi connectivity index (χ4v) is 2.64. The summed E-state index contributed by atoms with van der Waals surface area (Å²) in [5.41, 5.74) is 0. The highest BCUT2D eigenvalue weighted by molar-refractivity contribution is 5.76. The standard InChI is InChI=1S/C14H27NO2/c1-3-4-12-6-8-13(9-7-12)15-14(17)10-5-11(2)16/h11-13,16H,3-10H2,1-2H3,(H,15,17). The molecule has 0 radical (unpaired) electrons. The SMILES string of the molecule is CCCC1CCC(NC(=O)CCC(C)O)CC1. The van der Waals surface area contributed by atoms with Crippen LogP contribution in [0, 0.1) is 5.92 Å². The van der Waals surface area contributed by atoms with Crippen molar-refractivity contribution in [1.82, 2.24) is 5.32 Å². The van der Waals surface area contributed by atoms with Gasteiger partial charge < -0.3 is 10.4 Å². The lowest BCUT2D eigenvalue weighted by Crippen LogP contribution is -2.37. The van der Waals surface area contributed by atoms with E-state index >= 15 is 0 Å². The molecule has 1 amide bonds. The van der Waals surface area contributed by atoms with Gasteiger partial charge >= 0.3 is 0 Å². The summed E-state index contributed by atoms with van der Waals surface area (Å²) in [6, 6.07) is 0.379. The van der Waals surface area contributed by atoms with Crippen LogP contribution in [0.25, 0.3) is 0 Å². The van der Waals surface area contributed by atoms with Gasteiger partial charge in [-0.15, -0.1) is 0 Å². The summed E-state index contributed by atoms with van der Waals surface area (Å²) >= 11 is 0. The van der Waals surface area contributed by atoms with Gasteiger partial charge in [0.1, 0.15) is 0 Å². The summed E-state index contributed by atoms with van der Waals surface area (Å²) in [5.74, 6) is 0.982. The highest BCUT2D eigenvalue weighted by Gasteiger charge is 2.21. The Labute approximate surface area is 105 Å². The smallest absolute Gasteiger partial charge is 0.220 e. The number of carbonyl (C=O) groups excluding carboxylic acids is 1. The van der Waals surface area contributed by atoms with Gasteiger partial charge in [-0.1, -0.05) is 19.8 Å². The number of aliphatic hydroxyl groups is 1. The second-order valence-electron chi connectivity index (χ2n) is 5.46. The van der Waals surface area contributed by atoms with Crippen molar-refractivity contribution in [3.8, 4) is 0 Å². The van der Waals surface area contributed by atoms with E-state index in [0.717, 1.165) is 18.8 Å². The van der Waals surface area contributed by atoms with E-state index in [0.29, 0.717) is 18.9 Å². The minimum Gasteiger partial charge on any atom is -0.393 e. The molecule has 0 aliphatic heterocycles. The first-order valence-electron chi connectivity index (χ1n) is 7.09. The molecule has 0 heterocycles. The first-order valence-corrected chi connectivity index (χ1v) is 7.09. The quantitative estimate of drug-likeness (QED) is 0.751. The van der Waals surface area contributed by atoms with Gasteiger partial charge in [-0.25, -0.2) is 0 Å². The Morgan fingerprint density at radius 1 is 1.35 bits per heavy atom. The molecule has 0 spiro atoms. The largest absolute Gasteiger partial charge is 0.393 e. The van der Waals surface area contributed by atoms with Crippen molar-refractivity contribution in [1.29, 1.82) is 0 Å². The number of hydrogen-bond acceptors (Lipinski definition) is 2. The summed E-state index contributed by atoms with van der Waals surface area (Å²) in [4.78, 5) is 11.6. The molecule has 3 heteroatoms. The third kappa shape index (κ3) is 6.06. The summed E-state index contributed by atoms with van der Waals surface area (Å²) in [6.45, 7) is 3.97. The van der Waals surface area contributed by atoms with Crippen LogP contribution >= 0.6 is 0 Å². The molecule has 3 nitrogen and oxygen atoms in total. The van der Waals surface area contributed by atoms with Crippen LogP contribution in [-0.4, -0.2) is 23.2 Å². The molecule has 1 aliphatic carbocycles. The molecule has 1 saturated carbocycles. The van der Waals surface area contributed by atoms with Gasteiger partial charge in [0.05, 0.1) is 6.10 Å². The Balaban J connectivity index is 2.14. The van der Waals surface area contributed by atoms with Crippen molar-refractivity contribution in [2.75, 3.05) is 0 Å². The first kappa shape index (κ1) is 14.5. The molecule has 2 N–H and O–H groups in total. The van der Waals surface area contributed by atoms with Gasteiger partial charge in [0.2, 0.25) is 5.91 Å². The zero-order valence-corrected chi connectivity index (χ0v) is 11.2. The Kier molecular flexibility index (Phi) is 6.56. The van der Waals surface area contributed by atoms with E-state index in [1.54, 1.807) is 6.92 Å². The number of hydrogen-bond donors (Lipinski definition) is 2. The highest BCUT2D eigenvalue weighted by atomic mass is 16.3. The molecule has 1 aliphatic rings.